The molecule has 1 amide bonds. The quantitative estimate of drug-likeness (QED) is 0.779. The highest BCUT2D eigenvalue weighted by molar-refractivity contribution is 7.14. The van der Waals surface area contributed by atoms with Gasteiger partial charge in [0.1, 0.15) is 5.01 Å². The molecule has 134 valence electrons. The number of ether oxygens (including phenoxy) is 1. The van der Waals surface area contributed by atoms with Gasteiger partial charge >= 0.3 is 5.97 Å². The van der Waals surface area contributed by atoms with Gasteiger partial charge in [0.2, 0.25) is 0 Å². The van der Waals surface area contributed by atoms with Gasteiger partial charge in [0.05, 0.1) is 12.1 Å². The molecule has 25 heavy (non-hydrogen) atoms. The van der Waals surface area contributed by atoms with Crippen LogP contribution in [0.25, 0.3) is 10.6 Å². The molecule has 0 aromatic carbocycles. The number of esters is 1. The van der Waals surface area contributed by atoms with Gasteiger partial charge < -0.3 is 10.1 Å². The van der Waals surface area contributed by atoms with Gasteiger partial charge in [-0.05, 0) is 30.2 Å². The van der Waals surface area contributed by atoms with E-state index in [0.717, 1.165) is 29.8 Å². The molecular formula is C18H22N2O3S2. The van der Waals surface area contributed by atoms with Gasteiger partial charge in [-0.2, -0.15) is 11.3 Å². The molecule has 1 aliphatic carbocycles. The summed E-state index contributed by atoms with van der Waals surface area (Å²) in [5.41, 5.74) is 1.74. The van der Waals surface area contributed by atoms with Crippen molar-refractivity contribution in [3.8, 4) is 10.6 Å². The molecule has 0 unspecified atom stereocenters. The summed E-state index contributed by atoms with van der Waals surface area (Å²) in [6, 6.07) is 2.20. The number of nitrogens with one attached hydrogen (secondary N) is 1. The molecule has 0 saturated heterocycles. The summed E-state index contributed by atoms with van der Waals surface area (Å²) >= 11 is 3.12. The zero-order valence-corrected chi connectivity index (χ0v) is 15.8. The average Bonchev–Trinajstić information content (AvgIpc) is 3.26. The molecule has 3 rings (SSSR count). The molecule has 1 N–H and O–H groups in total. The molecule has 0 radical (unpaired) electrons. The summed E-state index contributed by atoms with van der Waals surface area (Å²) in [5.74, 6) is -0.155. The van der Waals surface area contributed by atoms with Crippen LogP contribution in [0.5, 0.6) is 0 Å². The second-order valence-electron chi connectivity index (χ2n) is 6.43. The molecule has 0 spiro atoms. The molecule has 1 saturated carbocycles. The number of hydrogen-bond acceptors (Lipinski definition) is 6. The maximum atomic E-state index is 12.0. The normalized spacial score (nSPS) is 20.2. The highest BCUT2D eigenvalue weighted by Crippen LogP contribution is 2.26. The van der Waals surface area contributed by atoms with Crippen molar-refractivity contribution in [3.05, 3.63) is 27.9 Å². The second kappa shape index (κ2) is 8.58. The number of thiophene rings is 1. The van der Waals surface area contributed by atoms with E-state index >= 15 is 0 Å². The van der Waals surface area contributed by atoms with Gasteiger partial charge in [-0.1, -0.05) is 19.8 Å². The van der Waals surface area contributed by atoms with Crippen molar-refractivity contribution in [2.75, 3.05) is 6.61 Å². The summed E-state index contributed by atoms with van der Waals surface area (Å²) in [7, 11) is 0. The zero-order valence-electron chi connectivity index (χ0n) is 14.2. The Balaban J connectivity index is 1.42. The lowest BCUT2D eigenvalue weighted by Crippen LogP contribution is -2.42. The molecule has 2 aromatic rings. The fraction of sp³-hybridized carbons (Fsp3) is 0.500. The molecule has 1 fully saturated rings. The SMILES string of the molecule is C[C@H]1CCCC[C@@H]1NC(=O)COC(=O)Cc1csc(-c2ccsc2)n1. The molecule has 1 aliphatic rings. The van der Waals surface area contributed by atoms with Crippen molar-refractivity contribution >= 4 is 34.6 Å². The third-order valence-corrected chi connectivity index (χ3v) is 6.09. The molecular weight excluding hydrogens is 356 g/mol. The van der Waals surface area contributed by atoms with Gasteiger partial charge in [0, 0.05) is 22.4 Å². The number of thiazole rings is 1. The second-order valence-corrected chi connectivity index (χ2v) is 8.07. The van der Waals surface area contributed by atoms with E-state index in [9.17, 15) is 9.59 Å². The van der Waals surface area contributed by atoms with Crippen LogP contribution in [0, 0.1) is 5.92 Å². The number of aromatic nitrogens is 1. The van der Waals surface area contributed by atoms with Crippen LogP contribution >= 0.6 is 22.7 Å². The molecule has 2 atom stereocenters. The fourth-order valence-electron chi connectivity index (χ4n) is 3.03. The van der Waals surface area contributed by atoms with Crippen LogP contribution in [0.4, 0.5) is 0 Å². The van der Waals surface area contributed by atoms with Gasteiger partial charge in [-0.3, -0.25) is 9.59 Å². The smallest absolute Gasteiger partial charge is 0.312 e. The Morgan fingerprint density at radius 2 is 2.16 bits per heavy atom. The molecule has 0 aliphatic heterocycles. The maximum absolute atomic E-state index is 12.0. The molecule has 7 heteroatoms. The summed E-state index contributed by atoms with van der Waals surface area (Å²) in [5, 5.41) is 9.76. The van der Waals surface area contributed by atoms with Crippen LogP contribution in [0.2, 0.25) is 0 Å². The van der Waals surface area contributed by atoms with Crippen molar-refractivity contribution < 1.29 is 14.3 Å². The lowest BCUT2D eigenvalue weighted by molar-refractivity contribution is -0.148. The summed E-state index contributed by atoms with van der Waals surface area (Å²) in [6.07, 6.45) is 4.61. The lowest BCUT2D eigenvalue weighted by atomic mass is 9.86. The topological polar surface area (TPSA) is 68.3 Å². The van der Waals surface area contributed by atoms with Crippen LogP contribution in [0.3, 0.4) is 0 Å². The van der Waals surface area contributed by atoms with Crippen LogP contribution in [-0.4, -0.2) is 29.5 Å². The monoisotopic (exact) mass is 378 g/mol. The molecule has 5 nitrogen and oxygen atoms in total. The number of nitrogens with zero attached hydrogens (tertiary/aromatic N) is 1. The van der Waals surface area contributed by atoms with Gasteiger partial charge in [-0.25, -0.2) is 4.98 Å². The van der Waals surface area contributed by atoms with E-state index in [1.807, 2.05) is 22.2 Å². The Morgan fingerprint density at radius 3 is 2.92 bits per heavy atom. The van der Waals surface area contributed by atoms with E-state index in [1.54, 1.807) is 11.3 Å². The Kier molecular flexibility index (Phi) is 6.20. The van der Waals surface area contributed by atoms with E-state index in [4.69, 9.17) is 4.74 Å². The third-order valence-electron chi connectivity index (χ3n) is 4.47. The molecule has 2 aromatic heterocycles. The van der Waals surface area contributed by atoms with Crippen LogP contribution in [-0.2, 0) is 20.7 Å². The number of amides is 1. The first-order valence-corrected chi connectivity index (χ1v) is 10.4. The number of rotatable bonds is 6. The van der Waals surface area contributed by atoms with Crippen molar-refractivity contribution in [1.29, 1.82) is 0 Å². The van der Waals surface area contributed by atoms with Crippen molar-refractivity contribution in [1.82, 2.24) is 10.3 Å². The summed E-state index contributed by atoms with van der Waals surface area (Å²) in [6.45, 7) is 1.94. The summed E-state index contributed by atoms with van der Waals surface area (Å²) < 4.78 is 5.10. The van der Waals surface area contributed by atoms with Crippen molar-refractivity contribution in [2.45, 2.75) is 45.1 Å². The minimum Gasteiger partial charge on any atom is -0.455 e. The Labute approximate surface area is 155 Å². The summed E-state index contributed by atoms with van der Waals surface area (Å²) in [4.78, 5) is 28.4. The predicted octanol–water partition coefficient (Wildman–Crippen LogP) is 3.65. The molecule has 2 heterocycles. The third kappa shape index (κ3) is 5.12. The maximum Gasteiger partial charge on any atom is 0.312 e. The van der Waals surface area contributed by atoms with Gasteiger partial charge in [0.15, 0.2) is 6.61 Å². The van der Waals surface area contributed by atoms with Gasteiger partial charge in [0.25, 0.3) is 5.91 Å². The van der Waals surface area contributed by atoms with E-state index in [1.165, 1.54) is 17.8 Å². The van der Waals surface area contributed by atoms with Crippen molar-refractivity contribution in [2.24, 2.45) is 5.92 Å². The van der Waals surface area contributed by atoms with E-state index < -0.39 is 5.97 Å². The van der Waals surface area contributed by atoms with Crippen molar-refractivity contribution in [3.63, 3.8) is 0 Å². The lowest BCUT2D eigenvalue weighted by Gasteiger charge is -2.29. The number of carbonyl (C=O) groups is 2. The standard InChI is InChI=1S/C18H22N2O3S2/c1-12-4-2-3-5-15(12)20-16(21)9-23-17(22)8-14-11-25-18(19-14)13-6-7-24-10-13/h6-7,10-12,15H,2-5,8-9H2,1H3,(H,20,21)/t12-,15-/m0/s1. The minimum atomic E-state index is -0.422. The van der Waals surface area contributed by atoms with Crippen LogP contribution in [0.1, 0.15) is 38.3 Å². The Hall–Kier alpha value is -1.73. The number of hydrogen-bond donors (Lipinski definition) is 1. The van der Waals surface area contributed by atoms with Gasteiger partial charge in [-0.15, -0.1) is 11.3 Å². The first-order valence-electron chi connectivity index (χ1n) is 8.54. The minimum absolute atomic E-state index is 0.0910. The zero-order chi connectivity index (χ0) is 17.6. The van der Waals surface area contributed by atoms with E-state index in [-0.39, 0.29) is 25.0 Å². The molecule has 0 bridgehead atoms. The van der Waals surface area contributed by atoms with Crippen LogP contribution in [0.15, 0.2) is 22.2 Å². The highest BCUT2D eigenvalue weighted by atomic mass is 32.1. The predicted molar refractivity (Wildman–Crippen MR) is 99.7 cm³/mol. The van der Waals surface area contributed by atoms with E-state index in [2.05, 4.69) is 17.2 Å². The Bertz CT molecular complexity index is 712. The average molecular weight is 379 g/mol. The largest absolute Gasteiger partial charge is 0.455 e. The number of carbonyl (C=O) groups excluding carboxylic acids is 2. The van der Waals surface area contributed by atoms with Crippen LogP contribution < -0.4 is 5.32 Å². The Morgan fingerprint density at radius 1 is 1.32 bits per heavy atom. The van der Waals surface area contributed by atoms with E-state index in [0.29, 0.717) is 11.6 Å². The fourth-order valence-corrected chi connectivity index (χ4v) is 4.56. The highest BCUT2D eigenvalue weighted by Gasteiger charge is 2.23. The first-order chi connectivity index (χ1) is 12.1. The first kappa shape index (κ1) is 18.1.